The minimum atomic E-state index is -0.0946. The van der Waals surface area contributed by atoms with E-state index in [-0.39, 0.29) is 29.6 Å². The van der Waals surface area contributed by atoms with Crippen molar-refractivity contribution in [2.45, 2.75) is 12.8 Å². The molecule has 0 radical (unpaired) electrons. The molecule has 0 aromatic heterocycles. The van der Waals surface area contributed by atoms with Crippen LogP contribution in [-0.2, 0) is 0 Å². The van der Waals surface area contributed by atoms with Crippen molar-refractivity contribution in [2.24, 2.45) is 23.7 Å². The van der Waals surface area contributed by atoms with Gasteiger partial charge in [0.1, 0.15) is 0 Å². The third-order valence-corrected chi connectivity index (χ3v) is 12.0. The molecule has 300 valence electrons. The van der Waals surface area contributed by atoms with Crippen molar-refractivity contribution in [3.63, 3.8) is 0 Å². The topological polar surface area (TPSA) is 0 Å². The first-order chi connectivity index (χ1) is 31.6. The molecule has 0 atom stereocenters. The van der Waals surface area contributed by atoms with Crippen LogP contribution in [0.3, 0.4) is 0 Å². The van der Waals surface area contributed by atoms with Crippen LogP contribution in [0, 0.1) is 78.0 Å². The molecule has 5 aliphatic rings. The highest BCUT2D eigenvalue weighted by atomic mass is 14.4. The summed E-state index contributed by atoms with van der Waals surface area (Å²) >= 11 is 0. The molecule has 0 heteroatoms. The summed E-state index contributed by atoms with van der Waals surface area (Å²) in [6, 6.07) is 44.5. The Morgan fingerprint density at radius 2 is 0.562 bits per heavy atom. The van der Waals surface area contributed by atoms with E-state index in [9.17, 15) is 0 Å². The first kappa shape index (κ1) is 39.9. The molecule has 0 amide bonds. The van der Waals surface area contributed by atoms with Crippen LogP contribution in [0.1, 0.15) is 61.6 Å². The Kier molecular flexibility index (Phi) is 11.4. The summed E-state index contributed by atoms with van der Waals surface area (Å²) in [4.78, 5) is 0. The minimum absolute atomic E-state index is 0.0946. The molecule has 0 saturated carbocycles. The third kappa shape index (κ3) is 8.88. The summed E-state index contributed by atoms with van der Waals surface area (Å²) in [6.45, 7) is 2.16. The largest absolute Gasteiger partial charge is 0.0861 e. The molecule has 0 saturated heterocycles. The van der Waals surface area contributed by atoms with E-state index in [4.69, 9.17) is 0 Å². The summed E-state index contributed by atoms with van der Waals surface area (Å²) in [6.07, 6.45) is 33.5. The maximum atomic E-state index is 3.43. The summed E-state index contributed by atoms with van der Waals surface area (Å²) in [5, 5.41) is 0. The van der Waals surface area contributed by atoms with E-state index < -0.39 is 0 Å². The lowest BCUT2D eigenvalue weighted by atomic mass is 9.80. The minimum Gasteiger partial charge on any atom is -0.0861 e. The molecular formula is C64H44. The average Bonchev–Trinajstić information content (AvgIpc) is 4.21. The van der Waals surface area contributed by atoms with Crippen molar-refractivity contribution < 1.29 is 0 Å². The van der Waals surface area contributed by atoms with Gasteiger partial charge in [-0.25, -0.2) is 0 Å². The van der Waals surface area contributed by atoms with E-state index in [1.165, 1.54) is 33.4 Å². The molecule has 0 spiro atoms. The number of aryl methyl sites for hydroxylation is 1. The zero-order valence-corrected chi connectivity index (χ0v) is 35.7. The summed E-state index contributed by atoms with van der Waals surface area (Å²) in [7, 11) is 0. The molecular weight excluding hydrogens is 769 g/mol. The van der Waals surface area contributed by atoms with Gasteiger partial charge in [-0.05, 0) is 106 Å². The lowest BCUT2D eigenvalue weighted by Crippen LogP contribution is -2.04. The van der Waals surface area contributed by atoms with E-state index in [0.717, 1.165) is 44.5 Å². The third-order valence-electron chi connectivity index (χ3n) is 12.0. The Morgan fingerprint density at radius 3 is 0.844 bits per heavy atom. The zero-order chi connectivity index (χ0) is 43.1. The van der Waals surface area contributed by atoms with Crippen molar-refractivity contribution in [1.82, 2.24) is 0 Å². The van der Waals surface area contributed by atoms with E-state index in [2.05, 4.69) is 273 Å². The smallest absolute Gasteiger partial charge is 0.0573 e. The second-order valence-corrected chi connectivity index (χ2v) is 16.5. The van der Waals surface area contributed by atoms with Gasteiger partial charge >= 0.3 is 0 Å². The van der Waals surface area contributed by atoms with Crippen LogP contribution in [0.25, 0.3) is 22.3 Å². The predicted molar refractivity (Wildman–Crippen MR) is 268 cm³/mol. The molecule has 0 bridgehead atoms. The molecule has 0 fully saturated rings. The normalized spacial score (nSPS) is 16.3. The molecule has 0 nitrogen and oxygen atoms in total. The molecule has 0 unspecified atom stereocenters. The van der Waals surface area contributed by atoms with Gasteiger partial charge in [0, 0.05) is 28.2 Å². The van der Waals surface area contributed by atoms with Crippen LogP contribution in [-0.4, -0.2) is 0 Å². The number of allylic oxidation sites excluding steroid dienone is 20. The molecule has 5 aromatic rings. The maximum Gasteiger partial charge on any atom is 0.0573 e. The van der Waals surface area contributed by atoms with Gasteiger partial charge < -0.3 is 0 Å². The quantitative estimate of drug-likeness (QED) is 0.155. The molecule has 5 aliphatic carbocycles. The van der Waals surface area contributed by atoms with E-state index in [0.29, 0.717) is 0 Å². The van der Waals surface area contributed by atoms with Crippen molar-refractivity contribution in [3.05, 3.63) is 274 Å². The fourth-order valence-electron chi connectivity index (χ4n) is 8.70. The monoisotopic (exact) mass is 812 g/mol. The van der Waals surface area contributed by atoms with E-state index >= 15 is 0 Å². The van der Waals surface area contributed by atoms with Crippen LogP contribution < -0.4 is 0 Å². The predicted octanol–water partition coefficient (Wildman–Crippen LogP) is 13.7. The molecule has 64 heavy (non-hydrogen) atoms. The van der Waals surface area contributed by atoms with Crippen molar-refractivity contribution >= 4 is 22.3 Å². The van der Waals surface area contributed by atoms with Crippen LogP contribution in [0.4, 0.5) is 0 Å². The first-order valence-electron chi connectivity index (χ1n) is 22.0. The summed E-state index contributed by atoms with van der Waals surface area (Å²) in [5.74, 6) is 27.9. The number of hydrogen-bond acceptors (Lipinski definition) is 0. The fourth-order valence-corrected chi connectivity index (χ4v) is 8.70. The Hall–Kier alpha value is -8.26. The Bertz CT molecular complexity index is 2940. The lowest BCUT2D eigenvalue weighted by molar-refractivity contribution is 1.13. The van der Waals surface area contributed by atoms with Crippen molar-refractivity contribution in [3.8, 4) is 47.4 Å². The average molecular weight is 813 g/mol. The van der Waals surface area contributed by atoms with Gasteiger partial charge in [0.05, 0.1) is 23.7 Å². The number of hydrogen-bond donors (Lipinski definition) is 0. The second-order valence-electron chi connectivity index (χ2n) is 16.5. The Balaban J connectivity index is 1.17. The summed E-state index contributed by atoms with van der Waals surface area (Å²) < 4.78 is 0. The highest BCUT2D eigenvalue weighted by Gasteiger charge is 2.37. The molecule has 5 aromatic carbocycles. The second kappa shape index (κ2) is 18.4. The van der Waals surface area contributed by atoms with Crippen LogP contribution in [0.2, 0.25) is 0 Å². The number of benzene rings is 5. The SMILES string of the molecule is Cc1ccc(C2C(c3ccc(C#CC4C=CC=C4)cc3)=C(c3ccc(C#CC4C=CC=C4)cc3)C(c3ccc(C#CC4C=CC=C4)cc3)=C2c2ccc(C#CC3C=CC=C3)cc2)cc1. The van der Waals surface area contributed by atoms with E-state index in [1.807, 2.05) is 0 Å². The van der Waals surface area contributed by atoms with Crippen LogP contribution in [0.15, 0.2) is 219 Å². The van der Waals surface area contributed by atoms with Gasteiger partial charge in [0.25, 0.3) is 0 Å². The van der Waals surface area contributed by atoms with Crippen molar-refractivity contribution in [2.75, 3.05) is 0 Å². The van der Waals surface area contributed by atoms with Gasteiger partial charge in [-0.15, -0.1) is 0 Å². The van der Waals surface area contributed by atoms with Gasteiger partial charge in [-0.1, -0.05) is 223 Å². The fraction of sp³-hybridized carbons (Fsp3) is 0.0938. The lowest BCUT2D eigenvalue weighted by Gasteiger charge is -2.22. The standard InChI is InChI=1S/C64H44/c1-46-18-36-55(37-19-46)60-61(56-38-28-51(29-39-56)24-20-47-10-2-3-11-47)63(58-42-32-53(33-43-58)26-22-49-14-6-7-15-49)64(59-44-34-54(35-45-59)27-23-50-16-8-9-17-50)62(60)57-40-30-52(31-41-57)25-21-48-12-4-5-13-48/h2-19,28-45,47-50,60H,1H3. The first-order valence-corrected chi connectivity index (χ1v) is 22.0. The van der Waals surface area contributed by atoms with Gasteiger partial charge in [-0.3, -0.25) is 0 Å². The Labute approximate surface area is 378 Å². The molecule has 0 heterocycles. The number of rotatable bonds is 5. The highest BCUT2D eigenvalue weighted by Crippen LogP contribution is 2.58. The Morgan fingerprint density at radius 1 is 0.297 bits per heavy atom. The van der Waals surface area contributed by atoms with Crippen LogP contribution >= 0.6 is 0 Å². The van der Waals surface area contributed by atoms with E-state index in [1.54, 1.807) is 0 Å². The molecule has 10 rings (SSSR count). The highest BCUT2D eigenvalue weighted by molar-refractivity contribution is 6.29. The molecule has 0 aliphatic heterocycles. The van der Waals surface area contributed by atoms with Crippen molar-refractivity contribution in [1.29, 1.82) is 0 Å². The summed E-state index contributed by atoms with van der Waals surface area (Å²) in [5.41, 5.74) is 15.9. The van der Waals surface area contributed by atoms with Gasteiger partial charge in [-0.2, -0.15) is 0 Å². The van der Waals surface area contributed by atoms with Crippen LogP contribution in [0.5, 0.6) is 0 Å². The molecule has 0 N–H and O–H groups in total. The van der Waals surface area contributed by atoms with Gasteiger partial charge in [0.2, 0.25) is 0 Å². The van der Waals surface area contributed by atoms with Gasteiger partial charge in [0.15, 0.2) is 0 Å². The maximum absolute atomic E-state index is 3.43. The zero-order valence-electron chi connectivity index (χ0n) is 35.7.